The lowest BCUT2D eigenvalue weighted by atomic mass is 9.92. The van der Waals surface area contributed by atoms with Crippen LogP contribution < -0.4 is 11.3 Å². The number of nitrogen functional groups attached to an aromatic ring is 1. The maximum absolute atomic E-state index is 5.87. The fourth-order valence-electron chi connectivity index (χ4n) is 1.36. The van der Waals surface area contributed by atoms with E-state index in [9.17, 15) is 0 Å². The molecule has 96 valence electrons. The summed E-state index contributed by atoms with van der Waals surface area (Å²) in [6, 6.07) is 1.83. The van der Waals surface area contributed by atoms with Crippen LogP contribution in [-0.4, -0.2) is 15.0 Å². The van der Waals surface area contributed by atoms with Gasteiger partial charge in [-0.25, -0.2) is 20.8 Å². The highest BCUT2D eigenvalue weighted by Gasteiger charge is 2.19. The molecular weight excluding hydrogens is 270 g/mol. The van der Waals surface area contributed by atoms with E-state index in [1.807, 2.05) is 6.07 Å². The molecule has 18 heavy (non-hydrogen) atoms. The zero-order valence-electron chi connectivity index (χ0n) is 10.4. The van der Waals surface area contributed by atoms with Gasteiger partial charge >= 0.3 is 0 Å². The molecule has 0 fully saturated rings. The number of nitrogens with two attached hydrogens (primary N) is 1. The van der Waals surface area contributed by atoms with Gasteiger partial charge in [-0.3, -0.25) is 0 Å². The first kappa shape index (κ1) is 13.2. The van der Waals surface area contributed by atoms with Gasteiger partial charge < -0.3 is 5.43 Å². The summed E-state index contributed by atoms with van der Waals surface area (Å²) in [6.45, 7) is 6.23. The van der Waals surface area contributed by atoms with Crippen LogP contribution >= 0.6 is 22.9 Å². The highest BCUT2D eigenvalue weighted by molar-refractivity contribution is 7.18. The molecular formula is C11H14ClN5S. The van der Waals surface area contributed by atoms with Crippen molar-refractivity contribution in [1.29, 1.82) is 0 Å². The highest BCUT2D eigenvalue weighted by Crippen LogP contribution is 2.29. The average molecular weight is 284 g/mol. The minimum atomic E-state index is -0.0929. The number of hydrogen-bond donors (Lipinski definition) is 2. The van der Waals surface area contributed by atoms with Crippen LogP contribution in [0.1, 0.15) is 26.5 Å². The van der Waals surface area contributed by atoms with E-state index >= 15 is 0 Å². The Balaban J connectivity index is 2.54. The van der Waals surface area contributed by atoms with Crippen LogP contribution in [0, 0.1) is 0 Å². The third-order valence-electron chi connectivity index (χ3n) is 2.31. The van der Waals surface area contributed by atoms with Gasteiger partial charge in [0, 0.05) is 11.5 Å². The highest BCUT2D eigenvalue weighted by atomic mass is 35.5. The summed E-state index contributed by atoms with van der Waals surface area (Å²) in [4.78, 5) is 13.0. The molecule has 0 saturated carbocycles. The molecule has 0 unspecified atom stereocenters. The number of thiazole rings is 1. The topological polar surface area (TPSA) is 76.7 Å². The van der Waals surface area contributed by atoms with E-state index in [4.69, 9.17) is 17.4 Å². The molecule has 0 saturated heterocycles. The molecule has 0 radical (unpaired) electrons. The molecule has 2 aromatic heterocycles. The van der Waals surface area contributed by atoms with Gasteiger partial charge in [-0.05, 0) is 0 Å². The molecule has 0 aromatic carbocycles. The number of hydrazine groups is 1. The Bertz CT molecular complexity index is 561. The fraction of sp³-hybridized carbons (Fsp3) is 0.364. The van der Waals surface area contributed by atoms with Crippen molar-refractivity contribution in [2.75, 3.05) is 5.43 Å². The molecule has 2 heterocycles. The van der Waals surface area contributed by atoms with Gasteiger partial charge in [-0.2, -0.15) is 0 Å². The number of anilines is 1. The smallest absolute Gasteiger partial charge is 0.191 e. The predicted molar refractivity (Wildman–Crippen MR) is 74.7 cm³/mol. The number of rotatable bonds is 2. The standard InChI is InChI=1S/C11H14ClN5S/c1-11(2,3)6-4-8(17-13)16-9(15-6)10-14-5-7(12)18-10/h4-5H,13H2,1-3H3,(H,15,16,17). The minimum absolute atomic E-state index is 0.0929. The summed E-state index contributed by atoms with van der Waals surface area (Å²) in [6.07, 6.45) is 1.59. The van der Waals surface area contributed by atoms with E-state index in [0.717, 1.165) is 5.69 Å². The van der Waals surface area contributed by atoms with E-state index in [-0.39, 0.29) is 5.41 Å². The summed E-state index contributed by atoms with van der Waals surface area (Å²) in [7, 11) is 0. The Morgan fingerprint density at radius 2 is 2.06 bits per heavy atom. The second-order valence-electron chi connectivity index (χ2n) is 4.83. The zero-order valence-corrected chi connectivity index (χ0v) is 11.9. The van der Waals surface area contributed by atoms with Crippen molar-refractivity contribution >= 4 is 28.8 Å². The van der Waals surface area contributed by atoms with Crippen molar-refractivity contribution < 1.29 is 0 Å². The van der Waals surface area contributed by atoms with E-state index in [2.05, 4.69) is 41.1 Å². The number of hydrogen-bond acceptors (Lipinski definition) is 6. The van der Waals surface area contributed by atoms with Crippen molar-refractivity contribution in [2.24, 2.45) is 5.84 Å². The summed E-state index contributed by atoms with van der Waals surface area (Å²) >= 11 is 7.21. The van der Waals surface area contributed by atoms with E-state index in [1.165, 1.54) is 11.3 Å². The zero-order chi connectivity index (χ0) is 13.3. The minimum Gasteiger partial charge on any atom is -0.308 e. The maximum Gasteiger partial charge on any atom is 0.191 e. The van der Waals surface area contributed by atoms with Crippen molar-refractivity contribution in [3.8, 4) is 10.8 Å². The van der Waals surface area contributed by atoms with Crippen LogP contribution in [0.4, 0.5) is 5.82 Å². The summed E-state index contributed by atoms with van der Waals surface area (Å²) in [5, 5.41) is 0.683. The van der Waals surface area contributed by atoms with Gasteiger partial charge in [-0.15, -0.1) is 0 Å². The lowest BCUT2D eigenvalue weighted by Gasteiger charge is -2.18. The fourth-order valence-corrected chi connectivity index (χ4v) is 2.20. The van der Waals surface area contributed by atoms with Crippen LogP contribution in [0.3, 0.4) is 0 Å². The second kappa shape index (κ2) is 4.79. The first-order chi connectivity index (χ1) is 8.40. The summed E-state index contributed by atoms with van der Waals surface area (Å²) in [5.74, 6) is 6.53. The van der Waals surface area contributed by atoms with Gasteiger partial charge in [0.25, 0.3) is 0 Å². The lowest BCUT2D eigenvalue weighted by molar-refractivity contribution is 0.568. The van der Waals surface area contributed by atoms with Crippen LogP contribution in [0.25, 0.3) is 10.8 Å². The average Bonchev–Trinajstić information content (AvgIpc) is 2.74. The third-order valence-corrected chi connectivity index (χ3v) is 3.42. The number of halogens is 1. The van der Waals surface area contributed by atoms with Crippen molar-refractivity contribution in [3.05, 3.63) is 22.3 Å². The number of nitrogens with one attached hydrogen (secondary N) is 1. The Hall–Kier alpha value is -1.24. The molecule has 0 aliphatic carbocycles. The Labute approximate surface area is 114 Å². The first-order valence-electron chi connectivity index (χ1n) is 5.38. The maximum atomic E-state index is 5.87. The quantitative estimate of drug-likeness (QED) is 0.655. The molecule has 0 aliphatic rings. The van der Waals surface area contributed by atoms with E-state index in [1.54, 1.807) is 6.20 Å². The molecule has 5 nitrogen and oxygen atoms in total. The molecule has 2 aromatic rings. The molecule has 0 bridgehead atoms. The Kier molecular flexibility index (Phi) is 3.52. The number of nitrogens with zero attached hydrogens (tertiary/aromatic N) is 3. The number of aromatic nitrogens is 3. The van der Waals surface area contributed by atoms with Crippen molar-refractivity contribution in [1.82, 2.24) is 15.0 Å². The molecule has 3 N–H and O–H groups in total. The van der Waals surface area contributed by atoms with Crippen LogP contribution in [-0.2, 0) is 5.41 Å². The van der Waals surface area contributed by atoms with Crippen molar-refractivity contribution in [2.45, 2.75) is 26.2 Å². The second-order valence-corrected chi connectivity index (χ2v) is 6.49. The van der Waals surface area contributed by atoms with Gasteiger partial charge in [0.2, 0.25) is 0 Å². The van der Waals surface area contributed by atoms with Gasteiger partial charge in [0.15, 0.2) is 10.8 Å². The third kappa shape index (κ3) is 2.77. The Morgan fingerprint density at radius 1 is 1.33 bits per heavy atom. The predicted octanol–water partition coefficient (Wildman–Crippen LogP) is 2.84. The Morgan fingerprint density at radius 3 is 2.56 bits per heavy atom. The molecule has 0 aliphatic heterocycles. The van der Waals surface area contributed by atoms with Gasteiger partial charge in [-0.1, -0.05) is 43.7 Å². The summed E-state index contributed by atoms with van der Waals surface area (Å²) in [5.41, 5.74) is 3.35. The molecule has 0 amide bonds. The van der Waals surface area contributed by atoms with Gasteiger partial charge in [0.1, 0.15) is 10.2 Å². The lowest BCUT2D eigenvalue weighted by Crippen LogP contribution is -2.17. The van der Waals surface area contributed by atoms with Gasteiger partial charge in [0.05, 0.1) is 11.9 Å². The van der Waals surface area contributed by atoms with Crippen LogP contribution in [0.5, 0.6) is 0 Å². The van der Waals surface area contributed by atoms with E-state index < -0.39 is 0 Å². The van der Waals surface area contributed by atoms with Crippen LogP contribution in [0.15, 0.2) is 12.3 Å². The first-order valence-corrected chi connectivity index (χ1v) is 6.57. The molecule has 0 atom stereocenters. The molecule has 0 spiro atoms. The summed E-state index contributed by atoms with van der Waals surface area (Å²) < 4.78 is 0.608. The van der Waals surface area contributed by atoms with E-state index in [0.29, 0.717) is 21.0 Å². The largest absolute Gasteiger partial charge is 0.308 e. The van der Waals surface area contributed by atoms with Crippen molar-refractivity contribution in [3.63, 3.8) is 0 Å². The molecule has 7 heteroatoms. The SMILES string of the molecule is CC(C)(C)c1cc(NN)nc(-c2ncc(Cl)s2)n1. The normalized spacial score (nSPS) is 11.6. The van der Waals surface area contributed by atoms with Crippen LogP contribution in [0.2, 0.25) is 4.34 Å². The monoisotopic (exact) mass is 283 g/mol. The molecule has 2 rings (SSSR count).